The van der Waals surface area contributed by atoms with Crippen molar-refractivity contribution in [2.24, 2.45) is 0 Å². The maximum Gasteiger partial charge on any atom is 0.267 e. The summed E-state index contributed by atoms with van der Waals surface area (Å²) in [4.78, 5) is 14.0. The molecule has 1 aromatic heterocycles. The van der Waals surface area contributed by atoms with Crippen LogP contribution in [0.2, 0.25) is 0 Å². The molecule has 0 radical (unpaired) electrons. The fraction of sp³-hybridized carbons (Fsp3) is 0.188. The van der Waals surface area contributed by atoms with Gasteiger partial charge in [0.25, 0.3) is 5.91 Å². The smallest absolute Gasteiger partial charge is 0.267 e. The molecule has 1 amide bonds. The Morgan fingerprint density at radius 3 is 3.05 bits per heavy atom. The lowest BCUT2D eigenvalue weighted by molar-refractivity contribution is 0.103. The van der Waals surface area contributed by atoms with Crippen LogP contribution >= 0.6 is 23.1 Å². The van der Waals surface area contributed by atoms with Crippen LogP contribution in [0.15, 0.2) is 40.6 Å². The van der Waals surface area contributed by atoms with Crippen molar-refractivity contribution in [3.8, 4) is 11.8 Å². The lowest BCUT2D eigenvalue weighted by Crippen LogP contribution is -2.11. The molecule has 0 spiro atoms. The zero-order valence-corrected chi connectivity index (χ0v) is 13.2. The van der Waals surface area contributed by atoms with E-state index in [1.54, 1.807) is 11.8 Å². The number of hydrogen-bond donors (Lipinski definition) is 2. The topological polar surface area (TPSA) is 49.3 Å². The molecule has 2 rings (SSSR count). The monoisotopic (exact) mass is 317 g/mol. The summed E-state index contributed by atoms with van der Waals surface area (Å²) >= 11 is 2.99. The van der Waals surface area contributed by atoms with E-state index in [9.17, 15) is 4.79 Å². The Kier molecular flexibility index (Phi) is 5.88. The first-order valence-corrected chi connectivity index (χ1v) is 8.47. The zero-order chi connectivity index (χ0) is 15.1. The van der Waals surface area contributed by atoms with Gasteiger partial charge >= 0.3 is 0 Å². The summed E-state index contributed by atoms with van der Waals surface area (Å²) in [5.74, 6) is 5.60. The van der Waals surface area contributed by atoms with E-state index < -0.39 is 0 Å². The van der Waals surface area contributed by atoms with Gasteiger partial charge in [0.05, 0.1) is 6.61 Å². The minimum atomic E-state index is -0.156. The normalized spacial score (nSPS) is 9.81. The number of thioether (sulfide) groups is 1. The molecular weight excluding hydrogens is 302 g/mol. The fourth-order valence-corrected chi connectivity index (χ4v) is 2.89. The van der Waals surface area contributed by atoms with Gasteiger partial charge in [-0.25, -0.2) is 0 Å². The largest absolute Gasteiger partial charge is 0.395 e. The summed E-state index contributed by atoms with van der Waals surface area (Å²) in [6, 6.07) is 9.53. The van der Waals surface area contributed by atoms with Crippen LogP contribution in [0.1, 0.15) is 21.7 Å². The molecule has 21 heavy (non-hydrogen) atoms. The van der Waals surface area contributed by atoms with E-state index in [0.29, 0.717) is 16.9 Å². The van der Waals surface area contributed by atoms with E-state index in [2.05, 4.69) is 17.2 Å². The van der Waals surface area contributed by atoms with Crippen molar-refractivity contribution in [2.45, 2.75) is 11.3 Å². The quantitative estimate of drug-likeness (QED) is 0.671. The number of hydrogen-bond acceptors (Lipinski definition) is 4. The molecule has 0 aliphatic heterocycles. The third-order valence-electron chi connectivity index (χ3n) is 2.66. The molecule has 0 saturated heterocycles. The lowest BCUT2D eigenvalue weighted by atomic mass is 10.2. The summed E-state index contributed by atoms with van der Waals surface area (Å²) in [5, 5.41) is 13.5. The van der Waals surface area contributed by atoms with Crippen molar-refractivity contribution < 1.29 is 9.90 Å². The molecule has 1 heterocycles. The number of amides is 1. The summed E-state index contributed by atoms with van der Waals surface area (Å²) in [7, 11) is 0. The van der Waals surface area contributed by atoms with E-state index in [4.69, 9.17) is 5.11 Å². The molecule has 5 heteroatoms. The van der Waals surface area contributed by atoms with Crippen LogP contribution in [0.3, 0.4) is 0 Å². The van der Waals surface area contributed by atoms with E-state index in [-0.39, 0.29) is 12.5 Å². The van der Waals surface area contributed by atoms with Gasteiger partial charge in [-0.3, -0.25) is 4.79 Å². The number of anilines is 1. The maximum atomic E-state index is 12.3. The number of benzene rings is 1. The van der Waals surface area contributed by atoms with Crippen molar-refractivity contribution in [1.29, 1.82) is 0 Å². The van der Waals surface area contributed by atoms with E-state index in [1.165, 1.54) is 11.3 Å². The van der Waals surface area contributed by atoms with Crippen molar-refractivity contribution >= 4 is 34.7 Å². The molecule has 2 N–H and O–H groups in total. The first kappa shape index (κ1) is 15.6. The van der Waals surface area contributed by atoms with Crippen LogP contribution in [0.5, 0.6) is 0 Å². The van der Waals surface area contributed by atoms with Crippen LogP contribution in [0.4, 0.5) is 5.69 Å². The highest BCUT2D eigenvalue weighted by Crippen LogP contribution is 2.21. The predicted molar refractivity (Wildman–Crippen MR) is 89.1 cm³/mol. The van der Waals surface area contributed by atoms with Gasteiger partial charge in [0.15, 0.2) is 0 Å². The predicted octanol–water partition coefficient (Wildman–Crippen LogP) is 3.46. The minimum absolute atomic E-state index is 0.0279. The molecule has 0 aliphatic carbocycles. The summed E-state index contributed by atoms with van der Waals surface area (Å²) in [6.07, 6.45) is 2.40. The van der Waals surface area contributed by atoms with Gasteiger partial charge in [-0.1, -0.05) is 17.9 Å². The zero-order valence-electron chi connectivity index (χ0n) is 11.6. The first-order valence-electron chi connectivity index (χ1n) is 6.37. The number of thiophene rings is 1. The lowest BCUT2D eigenvalue weighted by Gasteiger charge is -2.05. The van der Waals surface area contributed by atoms with Gasteiger partial charge < -0.3 is 10.4 Å². The Hall–Kier alpha value is -1.74. The van der Waals surface area contributed by atoms with E-state index >= 15 is 0 Å². The molecule has 0 atom stereocenters. The Balaban J connectivity index is 2.14. The molecule has 0 saturated carbocycles. The van der Waals surface area contributed by atoms with Gasteiger partial charge in [-0.2, -0.15) is 0 Å². The summed E-state index contributed by atoms with van der Waals surface area (Å²) in [6.45, 7) is 0.0279. The van der Waals surface area contributed by atoms with Crippen LogP contribution in [0, 0.1) is 11.8 Å². The second-order valence-electron chi connectivity index (χ2n) is 4.12. The molecule has 0 aliphatic rings. The number of rotatable bonds is 4. The molecule has 0 fully saturated rings. The second kappa shape index (κ2) is 7.89. The van der Waals surface area contributed by atoms with Gasteiger partial charge in [-0.15, -0.1) is 23.1 Å². The Labute approximate surface area is 132 Å². The Bertz CT molecular complexity index is 683. The number of nitrogens with one attached hydrogen (secondary N) is 1. The highest BCUT2D eigenvalue weighted by Gasteiger charge is 2.12. The highest BCUT2D eigenvalue weighted by molar-refractivity contribution is 7.98. The van der Waals surface area contributed by atoms with Gasteiger partial charge in [0.2, 0.25) is 0 Å². The summed E-state index contributed by atoms with van der Waals surface area (Å²) < 4.78 is 0. The molecule has 108 valence electrons. The average Bonchev–Trinajstić information content (AvgIpc) is 2.96. The number of aliphatic hydroxyl groups excluding tert-OH is 1. The molecule has 0 bridgehead atoms. The van der Waals surface area contributed by atoms with E-state index in [1.807, 2.05) is 42.0 Å². The first-order chi connectivity index (χ1) is 10.2. The number of aliphatic hydroxyl groups is 1. The van der Waals surface area contributed by atoms with Crippen LogP contribution < -0.4 is 5.32 Å². The fourth-order valence-electron chi connectivity index (χ4n) is 1.69. The standard InChI is InChI=1S/C16H15NO2S2/c1-20-14-7-4-6-13(11-14)17-16(19)15-12(8-10-21-15)5-2-3-9-18/h4,6-8,10-11,18H,3,9H2,1H3,(H,17,19). The summed E-state index contributed by atoms with van der Waals surface area (Å²) in [5.41, 5.74) is 1.47. The molecule has 1 aromatic carbocycles. The molecule has 0 unspecified atom stereocenters. The van der Waals surface area contributed by atoms with Crippen LogP contribution in [0.25, 0.3) is 0 Å². The molecule has 2 aromatic rings. The molecule has 3 nitrogen and oxygen atoms in total. The number of carbonyl (C=O) groups is 1. The Morgan fingerprint density at radius 1 is 1.43 bits per heavy atom. The van der Waals surface area contributed by atoms with Crippen molar-refractivity contribution in [3.05, 3.63) is 46.2 Å². The van der Waals surface area contributed by atoms with E-state index in [0.717, 1.165) is 10.6 Å². The van der Waals surface area contributed by atoms with Crippen LogP contribution in [-0.2, 0) is 0 Å². The van der Waals surface area contributed by atoms with Crippen molar-refractivity contribution in [1.82, 2.24) is 0 Å². The van der Waals surface area contributed by atoms with Gasteiger partial charge in [0, 0.05) is 22.6 Å². The minimum Gasteiger partial charge on any atom is -0.395 e. The van der Waals surface area contributed by atoms with Crippen LogP contribution in [-0.4, -0.2) is 23.9 Å². The SMILES string of the molecule is CSc1cccc(NC(=O)c2sccc2C#CCCO)c1. The highest BCUT2D eigenvalue weighted by atomic mass is 32.2. The molecular formula is C16H15NO2S2. The third kappa shape index (κ3) is 4.36. The second-order valence-corrected chi connectivity index (χ2v) is 5.92. The van der Waals surface area contributed by atoms with Gasteiger partial charge in [-0.05, 0) is 35.9 Å². The van der Waals surface area contributed by atoms with Crippen molar-refractivity contribution in [2.75, 3.05) is 18.2 Å². The maximum absolute atomic E-state index is 12.3. The number of carbonyl (C=O) groups excluding carboxylic acids is 1. The average molecular weight is 317 g/mol. The third-order valence-corrected chi connectivity index (χ3v) is 4.30. The van der Waals surface area contributed by atoms with Crippen molar-refractivity contribution in [3.63, 3.8) is 0 Å². The van der Waals surface area contributed by atoms with Gasteiger partial charge in [0.1, 0.15) is 4.88 Å². The Morgan fingerprint density at radius 2 is 2.29 bits per heavy atom.